The van der Waals surface area contributed by atoms with E-state index in [1.807, 2.05) is 43.9 Å². The van der Waals surface area contributed by atoms with E-state index in [9.17, 15) is 4.79 Å². The van der Waals surface area contributed by atoms with E-state index in [1.165, 1.54) is 0 Å². The number of benzene rings is 1. The average molecular weight is 409 g/mol. The number of halogens is 2. The van der Waals surface area contributed by atoms with Crippen LogP contribution in [0, 0.1) is 13.8 Å². The number of nitrogens with zero attached hydrogens (tertiary/aromatic N) is 4. The van der Waals surface area contributed by atoms with Crippen LogP contribution >= 0.6 is 23.2 Å². The molecule has 0 aliphatic carbocycles. The van der Waals surface area contributed by atoms with Gasteiger partial charge < -0.3 is 4.90 Å². The first-order chi connectivity index (χ1) is 12.9. The van der Waals surface area contributed by atoms with Crippen LogP contribution in [-0.4, -0.2) is 51.7 Å². The molecule has 1 fully saturated rings. The molecule has 3 rings (SSSR count). The zero-order valence-corrected chi connectivity index (χ0v) is 17.6. The smallest absolute Gasteiger partial charge is 0.247 e. The summed E-state index contributed by atoms with van der Waals surface area (Å²) in [5.74, 6) is 0.122. The van der Waals surface area contributed by atoms with Gasteiger partial charge in [0, 0.05) is 37.7 Å². The van der Waals surface area contributed by atoms with E-state index in [0.717, 1.165) is 41.6 Å². The highest BCUT2D eigenvalue weighted by molar-refractivity contribution is 6.32. The van der Waals surface area contributed by atoms with Gasteiger partial charge in [-0.15, -0.1) is 0 Å². The Labute approximate surface area is 170 Å². The number of amides is 1. The Morgan fingerprint density at radius 3 is 2.37 bits per heavy atom. The molecule has 27 heavy (non-hydrogen) atoms. The standard InChI is InChI=1S/C20H26Cl2N4O/c1-4-18(26-15(3)19(22)14(2)23-26)20(27)25-11-9-24(10-12-25)13-16-7-5-6-8-17(16)21/h5-8,18H,4,9-13H2,1-3H3. The minimum absolute atomic E-state index is 0.122. The Hall–Kier alpha value is -1.56. The molecule has 1 atom stereocenters. The van der Waals surface area contributed by atoms with E-state index in [-0.39, 0.29) is 11.9 Å². The lowest BCUT2D eigenvalue weighted by molar-refractivity contribution is -0.137. The predicted octanol–water partition coefficient (Wildman–Crippen LogP) is 4.10. The van der Waals surface area contributed by atoms with Crippen LogP contribution < -0.4 is 0 Å². The summed E-state index contributed by atoms with van der Waals surface area (Å²) in [5.41, 5.74) is 2.75. The zero-order valence-electron chi connectivity index (χ0n) is 16.1. The van der Waals surface area contributed by atoms with Crippen molar-refractivity contribution in [1.82, 2.24) is 19.6 Å². The molecule has 1 aromatic carbocycles. The Kier molecular flexibility index (Phi) is 6.45. The number of rotatable bonds is 5. The van der Waals surface area contributed by atoms with Gasteiger partial charge in [-0.3, -0.25) is 14.4 Å². The van der Waals surface area contributed by atoms with Gasteiger partial charge in [-0.2, -0.15) is 5.10 Å². The van der Waals surface area contributed by atoms with Gasteiger partial charge >= 0.3 is 0 Å². The van der Waals surface area contributed by atoms with Gasteiger partial charge in [0.1, 0.15) is 6.04 Å². The fourth-order valence-corrected chi connectivity index (χ4v) is 3.92. The summed E-state index contributed by atoms with van der Waals surface area (Å²) in [6.07, 6.45) is 0.691. The van der Waals surface area contributed by atoms with Crippen LogP contribution in [0.4, 0.5) is 0 Å². The highest BCUT2D eigenvalue weighted by Crippen LogP contribution is 2.25. The van der Waals surface area contributed by atoms with Crippen LogP contribution in [-0.2, 0) is 11.3 Å². The average Bonchev–Trinajstić information content (AvgIpc) is 2.92. The van der Waals surface area contributed by atoms with E-state index in [0.29, 0.717) is 24.5 Å². The molecule has 1 aliphatic rings. The summed E-state index contributed by atoms with van der Waals surface area (Å²) in [4.78, 5) is 17.4. The molecule has 146 valence electrons. The second-order valence-electron chi connectivity index (χ2n) is 7.05. The van der Waals surface area contributed by atoms with Crippen molar-refractivity contribution in [2.45, 2.75) is 39.8 Å². The quantitative estimate of drug-likeness (QED) is 0.747. The van der Waals surface area contributed by atoms with E-state index < -0.39 is 0 Å². The molecule has 0 bridgehead atoms. The molecule has 1 unspecified atom stereocenters. The van der Waals surface area contributed by atoms with Gasteiger partial charge in [0.05, 0.1) is 16.4 Å². The number of hydrogen-bond donors (Lipinski definition) is 0. The Morgan fingerprint density at radius 2 is 1.81 bits per heavy atom. The Morgan fingerprint density at radius 1 is 1.15 bits per heavy atom. The van der Waals surface area contributed by atoms with Crippen molar-refractivity contribution in [3.8, 4) is 0 Å². The van der Waals surface area contributed by atoms with Crippen molar-refractivity contribution in [2.24, 2.45) is 0 Å². The van der Waals surface area contributed by atoms with Crippen molar-refractivity contribution in [3.05, 3.63) is 51.3 Å². The fourth-order valence-electron chi connectivity index (χ4n) is 3.60. The molecular weight excluding hydrogens is 383 g/mol. The van der Waals surface area contributed by atoms with Crippen molar-refractivity contribution in [3.63, 3.8) is 0 Å². The fraction of sp³-hybridized carbons (Fsp3) is 0.500. The minimum Gasteiger partial charge on any atom is -0.338 e. The lowest BCUT2D eigenvalue weighted by atomic mass is 10.1. The maximum atomic E-state index is 13.1. The third kappa shape index (κ3) is 4.31. The lowest BCUT2D eigenvalue weighted by Gasteiger charge is -2.36. The summed E-state index contributed by atoms with van der Waals surface area (Å²) in [6.45, 7) is 9.72. The van der Waals surface area contributed by atoms with Crippen LogP contribution in [0.1, 0.15) is 36.3 Å². The van der Waals surface area contributed by atoms with Crippen LogP contribution in [0.2, 0.25) is 10.0 Å². The van der Waals surface area contributed by atoms with E-state index in [1.54, 1.807) is 4.68 Å². The van der Waals surface area contributed by atoms with Gasteiger partial charge in [0.15, 0.2) is 0 Å². The third-order valence-corrected chi connectivity index (χ3v) is 6.16. The molecule has 1 aromatic heterocycles. The van der Waals surface area contributed by atoms with Crippen LogP contribution in [0.3, 0.4) is 0 Å². The van der Waals surface area contributed by atoms with Crippen molar-refractivity contribution >= 4 is 29.1 Å². The van der Waals surface area contributed by atoms with Gasteiger partial charge in [-0.1, -0.05) is 48.3 Å². The molecule has 7 heteroatoms. The first-order valence-corrected chi connectivity index (χ1v) is 10.1. The van der Waals surface area contributed by atoms with Crippen molar-refractivity contribution < 1.29 is 4.79 Å². The third-order valence-electron chi connectivity index (χ3n) is 5.24. The topological polar surface area (TPSA) is 41.4 Å². The summed E-state index contributed by atoms with van der Waals surface area (Å²) < 4.78 is 1.79. The Balaban J connectivity index is 1.63. The largest absolute Gasteiger partial charge is 0.338 e. The molecule has 2 aromatic rings. The first kappa shape index (κ1) is 20.2. The molecule has 0 spiro atoms. The summed E-state index contributed by atoms with van der Waals surface area (Å²) in [7, 11) is 0. The second-order valence-corrected chi connectivity index (χ2v) is 7.83. The molecule has 5 nitrogen and oxygen atoms in total. The van der Waals surface area contributed by atoms with E-state index in [2.05, 4.69) is 16.1 Å². The highest BCUT2D eigenvalue weighted by Gasteiger charge is 2.29. The summed E-state index contributed by atoms with van der Waals surface area (Å²) in [6, 6.07) is 7.62. The number of piperazine rings is 1. The maximum absolute atomic E-state index is 13.1. The molecule has 0 radical (unpaired) electrons. The van der Waals surface area contributed by atoms with Gasteiger partial charge in [-0.25, -0.2) is 0 Å². The molecular formula is C20H26Cl2N4O. The van der Waals surface area contributed by atoms with Gasteiger partial charge in [0.2, 0.25) is 5.91 Å². The monoisotopic (exact) mass is 408 g/mol. The predicted molar refractivity (Wildman–Crippen MR) is 109 cm³/mol. The maximum Gasteiger partial charge on any atom is 0.247 e. The number of carbonyl (C=O) groups excluding carboxylic acids is 1. The number of aryl methyl sites for hydroxylation is 1. The normalized spacial score (nSPS) is 16.6. The van der Waals surface area contributed by atoms with E-state index in [4.69, 9.17) is 23.2 Å². The van der Waals surface area contributed by atoms with E-state index >= 15 is 0 Å². The van der Waals surface area contributed by atoms with Crippen molar-refractivity contribution in [2.75, 3.05) is 26.2 Å². The van der Waals surface area contributed by atoms with Gasteiger partial charge in [0.25, 0.3) is 0 Å². The Bertz CT molecular complexity index is 812. The molecule has 0 saturated carbocycles. The lowest BCUT2D eigenvalue weighted by Crippen LogP contribution is -2.50. The minimum atomic E-state index is -0.300. The number of carbonyl (C=O) groups is 1. The number of hydrogen-bond acceptors (Lipinski definition) is 3. The van der Waals surface area contributed by atoms with Crippen LogP contribution in [0.25, 0.3) is 0 Å². The van der Waals surface area contributed by atoms with Gasteiger partial charge in [-0.05, 0) is 31.9 Å². The second kappa shape index (κ2) is 8.63. The summed E-state index contributed by atoms with van der Waals surface area (Å²) >= 11 is 12.5. The van der Waals surface area contributed by atoms with Crippen LogP contribution in [0.15, 0.2) is 24.3 Å². The summed E-state index contributed by atoms with van der Waals surface area (Å²) in [5, 5.41) is 5.93. The highest BCUT2D eigenvalue weighted by atomic mass is 35.5. The molecule has 2 heterocycles. The van der Waals surface area contributed by atoms with Crippen LogP contribution in [0.5, 0.6) is 0 Å². The zero-order chi connectivity index (χ0) is 19.6. The number of aromatic nitrogens is 2. The molecule has 1 amide bonds. The SMILES string of the molecule is CCC(C(=O)N1CCN(Cc2ccccc2Cl)CC1)n1nc(C)c(Cl)c1C. The molecule has 1 saturated heterocycles. The molecule has 0 N–H and O–H groups in total. The first-order valence-electron chi connectivity index (χ1n) is 9.38. The van der Waals surface area contributed by atoms with Crippen molar-refractivity contribution in [1.29, 1.82) is 0 Å². The molecule has 1 aliphatic heterocycles.